The average Bonchev–Trinajstić information content (AvgIpc) is 2.89. The van der Waals surface area contributed by atoms with Gasteiger partial charge in [-0.3, -0.25) is 10.1 Å². The summed E-state index contributed by atoms with van der Waals surface area (Å²) in [5.41, 5.74) is -1.02. The standard InChI is InChI=1S/C12H12F2N4O3/c1-6(15-2)3-10-16-12(21-17-10)8-4-7(18(19)20)5-9(13)11(8)14/h4-6,15H,3H2,1-2H3. The molecule has 0 aliphatic heterocycles. The molecule has 1 N–H and O–H groups in total. The molecule has 1 unspecified atom stereocenters. The second kappa shape index (κ2) is 5.92. The van der Waals surface area contributed by atoms with Crippen molar-refractivity contribution in [3.63, 3.8) is 0 Å². The highest BCUT2D eigenvalue weighted by atomic mass is 19.2. The molecule has 7 nitrogen and oxygen atoms in total. The van der Waals surface area contributed by atoms with Gasteiger partial charge in [0, 0.05) is 18.5 Å². The normalized spacial score (nSPS) is 12.4. The summed E-state index contributed by atoms with van der Waals surface area (Å²) >= 11 is 0. The van der Waals surface area contributed by atoms with Crippen molar-refractivity contribution in [1.82, 2.24) is 15.5 Å². The Morgan fingerprint density at radius 3 is 2.81 bits per heavy atom. The molecular formula is C12H12F2N4O3. The molecule has 2 rings (SSSR count). The van der Waals surface area contributed by atoms with Crippen LogP contribution in [0.1, 0.15) is 12.7 Å². The molecule has 0 fully saturated rings. The van der Waals surface area contributed by atoms with Crippen LogP contribution >= 0.6 is 0 Å². The number of nitrogens with zero attached hydrogens (tertiary/aromatic N) is 3. The van der Waals surface area contributed by atoms with Gasteiger partial charge in [-0.1, -0.05) is 5.16 Å². The first-order valence-corrected chi connectivity index (χ1v) is 6.06. The second-order valence-corrected chi connectivity index (χ2v) is 4.46. The van der Waals surface area contributed by atoms with Crippen LogP contribution in [0.15, 0.2) is 16.7 Å². The zero-order valence-corrected chi connectivity index (χ0v) is 11.3. The highest BCUT2D eigenvalue weighted by molar-refractivity contribution is 5.58. The van der Waals surface area contributed by atoms with Gasteiger partial charge >= 0.3 is 0 Å². The van der Waals surface area contributed by atoms with Crippen molar-refractivity contribution in [1.29, 1.82) is 0 Å². The highest BCUT2D eigenvalue weighted by Gasteiger charge is 2.22. The lowest BCUT2D eigenvalue weighted by Gasteiger charge is -2.04. The number of hydrogen-bond acceptors (Lipinski definition) is 6. The summed E-state index contributed by atoms with van der Waals surface area (Å²) in [6.45, 7) is 1.88. The first-order valence-electron chi connectivity index (χ1n) is 6.06. The van der Waals surface area contributed by atoms with Crippen molar-refractivity contribution in [2.24, 2.45) is 0 Å². The number of halogens is 2. The SMILES string of the molecule is CNC(C)Cc1noc(-c2cc([N+](=O)[O-])cc(F)c2F)n1. The van der Waals surface area contributed by atoms with Gasteiger partial charge in [-0.2, -0.15) is 4.98 Å². The molecule has 0 spiro atoms. The minimum absolute atomic E-state index is 0.0575. The maximum absolute atomic E-state index is 13.7. The summed E-state index contributed by atoms with van der Waals surface area (Å²) < 4.78 is 32.0. The topological polar surface area (TPSA) is 94.1 Å². The first-order chi connectivity index (χ1) is 9.92. The lowest BCUT2D eigenvalue weighted by Crippen LogP contribution is -2.24. The smallest absolute Gasteiger partial charge is 0.273 e. The number of aromatic nitrogens is 2. The van der Waals surface area contributed by atoms with Crippen LogP contribution in [0.4, 0.5) is 14.5 Å². The van der Waals surface area contributed by atoms with Crippen molar-refractivity contribution in [2.45, 2.75) is 19.4 Å². The van der Waals surface area contributed by atoms with E-state index in [1.54, 1.807) is 7.05 Å². The summed E-state index contributed by atoms with van der Waals surface area (Å²) in [7, 11) is 1.75. The fraction of sp³-hybridized carbons (Fsp3) is 0.333. The number of hydrogen-bond donors (Lipinski definition) is 1. The third kappa shape index (κ3) is 3.19. The summed E-state index contributed by atoms with van der Waals surface area (Å²) in [4.78, 5) is 13.8. The van der Waals surface area contributed by atoms with E-state index in [1.807, 2.05) is 6.92 Å². The van der Waals surface area contributed by atoms with Gasteiger partial charge in [-0.15, -0.1) is 0 Å². The van der Waals surface area contributed by atoms with Gasteiger partial charge in [-0.05, 0) is 14.0 Å². The van der Waals surface area contributed by atoms with E-state index in [2.05, 4.69) is 15.5 Å². The fourth-order valence-corrected chi connectivity index (χ4v) is 1.66. The fourth-order valence-electron chi connectivity index (χ4n) is 1.66. The van der Waals surface area contributed by atoms with E-state index in [4.69, 9.17) is 4.52 Å². The lowest BCUT2D eigenvalue weighted by atomic mass is 10.1. The van der Waals surface area contributed by atoms with Crippen LogP contribution in [-0.2, 0) is 6.42 Å². The molecule has 0 amide bonds. The third-order valence-corrected chi connectivity index (χ3v) is 2.90. The number of non-ortho nitro benzene ring substituents is 1. The molecule has 0 aliphatic carbocycles. The highest BCUT2D eigenvalue weighted by Crippen LogP contribution is 2.28. The van der Waals surface area contributed by atoms with E-state index in [0.717, 1.165) is 6.07 Å². The molecule has 0 bridgehead atoms. The van der Waals surface area contributed by atoms with Crippen LogP contribution < -0.4 is 5.32 Å². The number of nitrogens with one attached hydrogen (secondary N) is 1. The van der Waals surface area contributed by atoms with Crippen LogP contribution in [-0.4, -0.2) is 28.2 Å². The Morgan fingerprint density at radius 1 is 1.48 bits per heavy atom. The molecule has 0 saturated heterocycles. The molecule has 21 heavy (non-hydrogen) atoms. The van der Waals surface area contributed by atoms with E-state index in [9.17, 15) is 18.9 Å². The lowest BCUT2D eigenvalue weighted by molar-refractivity contribution is -0.385. The Bertz CT molecular complexity index is 675. The van der Waals surface area contributed by atoms with E-state index in [1.165, 1.54) is 0 Å². The molecule has 9 heteroatoms. The van der Waals surface area contributed by atoms with Gasteiger partial charge < -0.3 is 9.84 Å². The van der Waals surface area contributed by atoms with Crippen LogP contribution in [0.3, 0.4) is 0 Å². The molecule has 1 atom stereocenters. The number of nitro groups is 1. The molecule has 1 aromatic carbocycles. The van der Waals surface area contributed by atoms with Crippen molar-refractivity contribution >= 4 is 5.69 Å². The quantitative estimate of drug-likeness (QED) is 0.671. The molecule has 0 saturated carbocycles. The zero-order valence-electron chi connectivity index (χ0n) is 11.3. The maximum atomic E-state index is 13.7. The van der Waals surface area contributed by atoms with E-state index in [-0.39, 0.29) is 17.8 Å². The minimum atomic E-state index is -1.34. The Balaban J connectivity index is 2.40. The van der Waals surface area contributed by atoms with Crippen molar-refractivity contribution in [3.05, 3.63) is 39.7 Å². The molecule has 112 valence electrons. The Labute approximate surface area is 118 Å². The number of nitro benzene ring substituents is 1. The van der Waals surface area contributed by atoms with Gasteiger partial charge in [0.1, 0.15) is 0 Å². The molecule has 1 heterocycles. The zero-order chi connectivity index (χ0) is 15.6. The average molecular weight is 298 g/mol. The van der Waals surface area contributed by atoms with Crippen LogP contribution in [0.2, 0.25) is 0 Å². The maximum Gasteiger partial charge on any atom is 0.273 e. The predicted octanol–water partition coefficient (Wildman–Crippen LogP) is 2.07. The van der Waals surface area contributed by atoms with E-state index < -0.39 is 27.8 Å². The molecule has 0 aliphatic rings. The number of benzene rings is 1. The Kier molecular flexibility index (Phi) is 4.22. The summed E-state index contributed by atoms with van der Waals surface area (Å²) in [5.74, 6) is -2.62. The first kappa shape index (κ1) is 15.0. The van der Waals surface area contributed by atoms with Gasteiger partial charge in [0.25, 0.3) is 11.6 Å². The van der Waals surface area contributed by atoms with Crippen molar-refractivity contribution in [3.8, 4) is 11.5 Å². The largest absolute Gasteiger partial charge is 0.334 e. The minimum Gasteiger partial charge on any atom is -0.334 e. The van der Waals surface area contributed by atoms with Crippen LogP contribution in [0.25, 0.3) is 11.5 Å². The molecular weight excluding hydrogens is 286 g/mol. The molecule has 1 aromatic heterocycles. The van der Waals surface area contributed by atoms with Crippen molar-refractivity contribution < 1.29 is 18.2 Å². The van der Waals surface area contributed by atoms with Gasteiger partial charge in [0.05, 0.1) is 16.6 Å². The summed E-state index contributed by atoms with van der Waals surface area (Å²) in [6.07, 6.45) is 0.416. The van der Waals surface area contributed by atoms with Gasteiger partial charge in [0.2, 0.25) is 0 Å². The Morgan fingerprint density at radius 2 is 2.19 bits per heavy atom. The van der Waals surface area contributed by atoms with Crippen LogP contribution in [0, 0.1) is 21.7 Å². The summed E-state index contributed by atoms with van der Waals surface area (Å²) in [6, 6.07) is 1.42. The number of rotatable bonds is 5. The van der Waals surface area contributed by atoms with E-state index >= 15 is 0 Å². The van der Waals surface area contributed by atoms with Crippen molar-refractivity contribution in [2.75, 3.05) is 7.05 Å². The Hall–Kier alpha value is -2.42. The monoisotopic (exact) mass is 298 g/mol. The van der Waals surface area contributed by atoms with Gasteiger partial charge in [0.15, 0.2) is 17.5 Å². The molecule has 2 aromatic rings. The molecule has 0 radical (unpaired) electrons. The summed E-state index contributed by atoms with van der Waals surface area (Å²) in [5, 5.41) is 17.3. The third-order valence-electron chi connectivity index (χ3n) is 2.90. The predicted molar refractivity (Wildman–Crippen MR) is 68.5 cm³/mol. The van der Waals surface area contributed by atoms with Crippen LogP contribution in [0.5, 0.6) is 0 Å². The van der Waals surface area contributed by atoms with Gasteiger partial charge in [-0.25, -0.2) is 8.78 Å². The number of likely N-dealkylation sites (N-methyl/N-ethyl adjacent to an activating group) is 1. The second-order valence-electron chi connectivity index (χ2n) is 4.46. The van der Waals surface area contributed by atoms with E-state index in [0.29, 0.717) is 12.5 Å².